The van der Waals surface area contributed by atoms with Crippen LogP contribution in [0.15, 0.2) is 35.9 Å². The van der Waals surface area contributed by atoms with Crippen LogP contribution in [0.1, 0.15) is 37.7 Å². The highest BCUT2D eigenvalue weighted by molar-refractivity contribution is 6.24. The fourth-order valence-corrected chi connectivity index (χ4v) is 2.71. The van der Waals surface area contributed by atoms with Gasteiger partial charge in [0.05, 0.1) is 11.1 Å². The number of Topliss-reactive ketones (excluding diaryl/α,β-unsaturated/α-hetero) is 1. The molecule has 2 aromatic rings. The van der Waals surface area contributed by atoms with Gasteiger partial charge in [0.2, 0.25) is 0 Å². The SMILES string of the molecule is N#Cc1nc(CC2=CC(=O)c3c(F)cc(F)cc3C2=O)ccc1C(F)(F)F. The molecule has 0 fully saturated rings. The van der Waals surface area contributed by atoms with Crippen molar-refractivity contribution in [2.45, 2.75) is 12.6 Å². The minimum Gasteiger partial charge on any atom is -0.289 e. The van der Waals surface area contributed by atoms with Crippen LogP contribution in [0.2, 0.25) is 0 Å². The van der Waals surface area contributed by atoms with Gasteiger partial charge in [-0.15, -0.1) is 0 Å². The number of fused-ring (bicyclic) bond motifs is 1. The van der Waals surface area contributed by atoms with E-state index in [9.17, 15) is 31.5 Å². The minimum atomic E-state index is -4.78. The number of ketones is 2. The van der Waals surface area contributed by atoms with Gasteiger partial charge in [-0.3, -0.25) is 9.59 Å². The molecule has 0 unspecified atom stereocenters. The quantitative estimate of drug-likeness (QED) is 0.746. The summed E-state index contributed by atoms with van der Waals surface area (Å²) in [6, 6.07) is 4.12. The van der Waals surface area contributed by atoms with Crippen LogP contribution in [0.5, 0.6) is 0 Å². The molecular weight excluding hydrogens is 371 g/mol. The number of rotatable bonds is 2. The Morgan fingerprint density at radius 1 is 1.11 bits per heavy atom. The van der Waals surface area contributed by atoms with Crippen LogP contribution in [0.3, 0.4) is 0 Å². The predicted octanol–water partition coefficient (Wildman–Crippen LogP) is 3.80. The van der Waals surface area contributed by atoms with Crippen LogP contribution in [0.25, 0.3) is 0 Å². The molecule has 0 spiro atoms. The Labute approximate surface area is 148 Å². The Kier molecular flexibility index (Phi) is 4.35. The Hall–Kier alpha value is -3.41. The largest absolute Gasteiger partial charge is 0.419 e. The van der Waals surface area contributed by atoms with Crippen LogP contribution in [0, 0.1) is 23.0 Å². The molecule has 0 N–H and O–H groups in total. The highest BCUT2D eigenvalue weighted by atomic mass is 19.4. The molecule has 4 nitrogen and oxygen atoms in total. The number of aromatic nitrogens is 1. The zero-order chi connectivity index (χ0) is 19.9. The number of carbonyl (C=O) groups excluding carboxylic acids is 2. The topological polar surface area (TPSA) is 70.8 Å². The van der Waals surface area contributed by atoms with E-state index in [-0.39, 0.29) is 17.7 Å². The van der Waals surface area contributed by atoms with Gasteiger partial charge in [-0.05, 0) is 24.3 Å². The van der Waals surface area contributed by atoms with Crippen molar-refractivity contribution in [3.63, 3.8) is 0 Å². The second-order valence-corrected chi connectivity index (χ2v) is 5.66. The average Bonchev–Trinajstić information content (AvgIpc) is 2.57. The molecule has 9 heteroatoms. The first-order valence-electron chi connectivity index (χ1n) is 7.37. The van der Waals surface area contributed by atoms with Crippen LogP contribution >= 0.6 is 0 Å². The molecule has 0 amide bonds. The molecular formula is C18H7F5N2O2. The lowest BCUT2D eigenvalue weighted by Crippen LogP contribution is -2.21. The molecule has 0 saturated heterocycles. The van der Waals surface area contributed by atoms with E-state index < -0.39 is 51.8 Å². The summed E-state index contributed by atoms with van der Waals surface area (Å²) in [7, 11) is 0. The Balaban J connectivity index is 1.99. The van der Waals surface area contributed by atoms with Gasteiger partial charge >= 0.3 is 6.18 Å². The first-order chi connectivity index (χ1) is 12.6. The maximum atomic E-state index is 13.8. The van der Waals surface area contributed by atoms with E-state index in [4.69, 9.17) is 5.26 Å². The van der Waals surface area contributed by atoms with Gasteiger partial charge < -0.3 is 0 Å². The monoisotopic (exact) mass is 378 g/mol. The molecule has 1 aliphatic carbocycles. The van der Waals surface area contributed by atoms with Crippen molar-refractivity contribution in [1.82, 2.24) is 4.98 Å². The highest BCUT2D eigenvalue weighted by Gasteiger charge is 2.35. The van der Waals surface area contributed by atoms with Crippen molar-refractivity contribution in [3.05, 3.63) is 75.6 Å². The zero-order valence-corrected chi connectivity index (χ0v) is 13.2. The van der Waals surface area contributed by atoms with Crippen LogP contribution < -0.4 is 0 Å². The van der Waals surface area contributed by atoms with Gasteiger partial charge in [0.15, 0.2) is 17.3 Å². The number of pyridine rings is 1. The van der Waals surface area contributed by atoms with Crippen molar-refractivity contribution < 1.29 is 31.5 Å². The second kappa shape index (κ2) is 6.39. The average molecular weight is 378 g/mol. The fraction of sp³-hybridized carbons (Fsp3) is 0.111. The van der Waals surface area contributed by atoms with E-state index in [1.54, 1.807) is 0 Å². The fourth-order valence-electron chi connectivity index (χ4n) is 2.71. The van der Waals surface area contributed by atoms with E-state index in [0.29, 0.717) is 18.2 Å². The normalized spacial score (nSPS) is 13.9. The van der Waals surface area contributed by atoms with E-state index in [1.165, 1.54) is 6.07 Å². The summed E-state index contributed by atoms with van der Waals surface area (Å²) in [5.74, 6) is -3.95. The molecule has 0 atom stereocenters. The summed E-state index contributed by atoms with van der Waals surface area (Å²) in [4.78, 5) is 28.1. The third-order valence-electron chi connectivity index (χ3n) is 3.88. The van der Waals surface area contributed by atoms with Gasteiger partial charge in [0.25, 0.3) is 0 Å². The van der Waals surface area contributed by atoms with Gasteiger partial charge in [-0.1, -0.05) is 0 Å². The van der Waals surface area contributed by atoms with Gasteiger partial charge in [0, 0.05) is 29.3 Å². The van der Waals surface area contributed by atoms with Crippen molar-refractivity contribution in [1.29, 1.82) is 5.26 Å². The second-order valence-electron chi connectivity index (χ2n) is 5.66. The number of hydrogen-bond donors (Lipinski definition) is 0. The summed E-state index contributed by atoms with van der Waals surface area (Å²) in [6.45, 7) is 0. The van der Waals surface area contributed by atoms with Crippen LogP contribution in [0.4, 0.5) is 22.0 Å². The number of nitrogens with zero attached hydrogens (tertiary/aromatic N) is 2. The molecule has 27 heavy (non-hydrogen) atoms. The van der Waals surface area contributed by atoms with Crippen molar-refractivity contribution in [3.8, 4) is 6.07 Å². The smallest absolute Gasteiger partial charge is 0.289 e. The van der Waals surface area contributed by atoms with E-state index >= 15 is 0 Å². The summed E-state index contributed by atoms with van der Waals surface area (Å²) < 4.78 is 65.6. The lowest BCUT2D eigenvalue weighted by molar-refractivity contribution is -0.138. The highest BCUT2D eigenvalue weighted by Crippen LogP contribution is 2.32. The number of hydrogen-bond acceptors (Lipinski definition) is 4. The lowest BCUT2D eigenvalue weighted by Gasteiger charge is -2.16. The molecule has 0 radical (unpaired) electrons. The van der Waals surface area contributed by atoms with E-state index in [1.807, 2.05) is 0 Å². The molecule has 3 rings (SSSR count). The molecule has 1 aromatic heterocycles. The molecule has 1 aliphatic rings. The maximum absolute atomic E-state index is 13.8. The van der Waals surface area contributed by atoms with Gasteiger partial charge in [-0.2, -0.15) is 18.4 Å². The zero-order valence-electron chi connectivity index (χ0n) is 13.2. The number of benzene rings is 1. The Morgan fingerprint density at radius 3 is 2.44 bits per heavy atom. The number of alkyl halides is 3. The first kappa shape index (κ1) is 18.4. The van der Waals surface area contributed by atoms with Crippen molar-refractivity contribution >= 4 is 11.6 Å². The molecule has 0 bridgehead atoms. The molecule has 1 aromatic carbocycles. The molecule has 0 aliphatic heterocycles. The Morgan fingerprint density at radius 2 is 1.81 bits per heavy atom. The Bertz CT molecular complexity index is 1060. The number of nitriles is 1. The summed E-state index contributed by atoms with van der Waals surface area (Å²) in [5.41, 5.74) is -3.43. The summed E-state index contributed by atoms with van der Waals surface area (Å²) >= 11 is 0. The van der Waals surface area contributed by atoms with Crippen molar-refractivity contribution in [2.75, 3.05) is 0 Å². The van der Waals surface area contributed by atoms with E-state index in [2.05, 4.69) is 4.98 Å². The lowest BCUT2D eigenvalue weighted by atomic mass is 9.87. The number of carbonyl (C=O) groups is 2. The summed E-state index contributed by atoms with van der Waals surface area (Å²) in [5, 5.41) is 8.87. The standard InChI is InChI=1S/C18H7F5N2O2/c19-9-5-11-16(13(20)6-9)15(26)4-8(17(11)27)3-10-1-2-12(18(21,22)23)14(7-24)25-10/h1-2,4-6H,3H2. The van der Waals surface area contributed by atoms with Crippen LogP contribution in [-0.2, 0) is 12.6 Å². The molecule has 0 saturated carbocycles. The van der Waals surface area contributed by atoms with Crippen LogP contribution in [-0.4, -0.2) is 16.6 Å². The van der Waals surface area contributed by atoms with Gasteiger partial charge in [0.1, 0.15) is 17.7 Å². The molecule has 1 heterocycles. The minimum absolute atomic E-state index is 0.0766. The third-order valence-corrected chi connectivity index (χ3v) is 3.88. The van der Waals surface area contributed by atoms with Gasteiger partial charge in [-0.25, -0.2) is 13.8 Å². The maximum Gasteiger partial charge on any atom is 0.419 e. The first-order valence-corrected chi connectivity index (χ1v) is 7.37. The molecule has 136 valence electrons. The van der Waals surface area contributed by atoms with Crippen molar-refractivity contribution in [2.24, 2.45) is 0 Å². The number of allylic oxidation sites excluding steroid dienone is 2. The van der Waals surface area contributed by atoms with E-state index in [0.717, 1.165) is 12.1 Å². The third kappa shape index (κ3) is 3.33. The predicted molar refractivity (Wildman–Crippen MR) is 80.8 cm³/mol. The summed E-state index contributed by atoms with van der Waals surface area (Å²) in [6.07, 6.45) is -4.33. The number of halogens is 5.